The molecule has 0 radical (unpaired) electrons. The molecule has 0 spiro atoms. The van der Waals surface area contributed by atoms with Crippen molar-refractivity contribution in [3.8, 4) is 0 Å². The van der Waals surface area contributed by atoms with Gasteiger partial charge in [-0.3, -0.25) is 0 Å². The molecule has 3 heteroatoms. The molecule has 2 nitrogen and oxygen atoms in total. The molecule has 0 saturated heterocycles. The minimum Gasteiger partial charge on any atom is -0.327 e. The minimum absolute atomic E-state index is 0.498. The summed E-state index contributed by atoms with van der Waals surface area (Å²) in [5, 5.41) is 0. The Morgan fingerprint density at radius 3 is 2.79 bits per heavy atom. The minimum atomic E-state index is 0.498. The first-order chi connectivity index (χ1) is 9.38. The van der Waals surface area contributed by atoms with E-state index in [0.717, 1.165) is 23.8 Å². The summed E-state index contributed by atoms with van der Waals surface area (Å²) in [6.07, 6.45) is 8.35. The molecule has 0 amide bonds. The Morgan fingerprint density at radius 2 is 2.00 bits per heavy atom. The number of aryl methyl sites for hydroxylation is 1. The van der Waals surface area contributed by atoms with Crippen LogP contribution in [0.25, 0.3) is 11.0 Å². The largest absolute Gasteiger partial charge is 0.327 e. The van der Waals surface area contributed by atoms with E-state index < -0.39 is 0 Å². The molecule has 102 valence electrons. The molecule has 1 aliphatic rings. The number of nitrogens with zero attached hydrogens (tertiary/aromatic N) is 2. The van der Waals surface area contributed by atoms with E-state index in [9.17, 15) is 0 Å². The zero-order valence-corrected chi connectivity index (χ0v) is 12.1. The Morgan fingerprint density at radius 1 is 1.21 bits per heavy atom. The zero-order chi connectivity index (χ0) is 13.1. The van der Waals surface area contributed by atoms with Gasteiger partial charge in [0, 0.05) is 6.54 Å². The molecule has 1 saturated carbocycles. The van der Waals surface area contributed by atoms with Crippen molar-refractivity contribution >= 4 is 22.6 Å². The molecule has 0 unspecified atom stereocenters. The normalized spacial score (nSPS) is 16.5. The molecule has 0 N–H and O–H groups in total. The van der Waals surface area contributed by atoms with Crippen molar-refractivity contribution in [3.05, 3.63) is 30.1 Å². The van der Waals surface area contributed by atoms with Crippen LogP contribution in [0, 0.1) is 5.92 Å². The zero-order valence-electron chi connectivity index (χ0n) is 11.3. The maximum absolute atomic E-state index is 6.03. The Hall–Kier alpha value is -1.02. The average Bonchev–Trinajstić information content (AvgIpc) is 3.06. The molecule has 19 heavy (non-hydrogen) atoms. The smallest absolute Gasteiger partial charge is 0.124 e. The summed E-state index contributed by atoms with van der Waals surface area (Å²) in [5.74, 6) is 2.47. The molecule has 1 aliphatic carbocycles. The highest BCUT2D eigenvalue weighted by Gasteiger charge is 2.15. The number of hydrogen-bond donors (Lipinski definition) is 0. The Bertz CT molecular complexity index is 541. The van der Waals surface area contributed by atoms with Gasteiger partial charge in [0.25, 0.3) is 0 Å². The van der Waals surface area contributed by atoms with Crippen LogP contribution < -0.4 is 0 Å². The van der Waals surface area contributed by atoms with E-state index in [1.54, 1.807) is 0 Å². The van der Waals surface area contributed by atoms with Crippen LogP contribution >= 0.6 is 11.6 Å². The lowest BCUT2D eigenvalue weighted by Crippen LogP contribution is -2.04. The van der Waals surface area contributed by atoms with Crippen molar-refractivity contribution in [2.45, 2.75) is 50.9 Å². The highest BCUT2D eigenvalue weighted by molar-refractivity contribution is 6.16. The standard InChI is InChI=1S/C16H21ClN2/c17-12-16-18-14-9-3-4-10-15(14)19(16)11-5-8-13-6-1-2-7-13/h3-4,9-10,13H,1-2,5-8,11-12H2. The van der Waals surface area contributed by atoms with Crippen molar-refractivity contribution < 1.29 is 0 Å². The van der Waals surface area contributed by atoms with Crippen molar-refractivity contribution in [2.75, 3.05) is 0 Å². The van der Waals surface area contributed by atoms with E-state index in [0.29, 0.717) is 5.88 Å². The van der Waals surface area contributed by atoms with Gasteiger partial charge in [0.2, 0.25) is 0 Å². The van der Waals surface area contributed by atoms with Crippen molar-refractivity contribution in [3.63, 3.8) is 0 Å². The van der Waals surface area contributed by atoms with Crippen LogP contribution in [0.3, 0.4) is 0 Å². The van der Waals surface area contributed by atoms with Gasteiger partial charge in [0.15, 0.2) is 0 Å². The van der Waals surface area contributed by atoms with Gasteiger partial charge in [-0.2, -0.15) is 0 Å². The molecular formula is C16H21ClN2. The second-order valence-corrected chi connectivity index (χ2v) is 5.86. The first-order valence-electron chi connectivity index (χ1n) is 7.38. The van der Waals surface area contributed by atoms with E-state index in [4.69, 9.17) is 11.6 Å². The number of rotatable bonds is 5. The predicted molar refractivity (Wildman–Crippen MR) is 80.5 cm³/mol. The summed E-state index contributed by atoms with van der Waals surface area (Å²) in [4.78, 5) is 4.61. The van der Waals surface area contributed by atoms with Crippen molar-refractivity contribution in [1.29, 1.82) is 0 Å². The van der Waals surface area contributed by atoms with Gasteiger partial charge in [-0.1, -0.05) is 37.8 Å². The van der Waals surface area contributed by atoms with Crippen LogP contribution in [-0.4, -0.2) is 9.55 Å². The number of benzene rings is 1. The molecule has 1 aromatic carbocycles. The summed E-state index contributed by atoms with van der Waals surface area (Å²) in [6.45, 7) is 1.05. The van der Waals surface area contributed by atoms with Gasteiger partial charge >= 0.3 is 0 Å². The predicted octanol–water partition coefficient (Wildman–Crippen LogP) is 4.75. The molecule has 2 aromatic rings. The summed E-state index contributed by atoms with van der Waals surface area (Å²) in [6, 6.07) is 8.33. The van der Waals surface area contributed by atoms with E-state index in [-0.39, 0.29) is 0 Å². The number of hydrogen-bond acceptors (Lipinski definition) is 1. The third-order valence-corrected chi connectivity index (χ3v) is 4.56. The Kier molecular flexibility index (Phi) is 4.07. The Labute approximate surface area is 119 Å². The van der Waals surface area contributed by atoms with Gasteiger partial charge < -0.3 is 4.57 Å². The van der Waals surface area contributed by atoms with Crippen molar-refractivity contribution in [1.82, 2.24) is 9.55 Å². The Balaban J connectivity index is 1.71. The second kappa shape index (κ2) is 5.96. The van der Waals surface area contributed by atoms with Crippen molar-refractivity contribution in [2.24, 2.45) is 5.92 Å². The highest BCUT2D eigenvalue weighted by Crippen LogP contribution is 2.29. The third kappa shape index (κ3) is 2.79. The lowest BCUT2D eigenvalue weighted by atomic mass is 10.0. The van der Waals surface area contributed by atoms with Crippen LogP contribution in [0.15, 0.2) is 24.3 Å². The van der Waals surface area contributed by atoms with E-state index in [1.165, 1.54) is 44.0 Å². The van der Waals surface area contributed by atoms with Crippen LogP contribution in [0.1, 0.15) is 44.3 Å². The van der Waals surface area contributed by atoms with Crippen LogP contribution in [0.4, 0.5) is 0 Å². The number of alkyl halides is 1. The lowest BCUT2D eigenvalue weighted by Gasteiger charge is -2.11. The molecule has 3 rings (SSSR count). The molecule has 0 aliphatic heterocycles. The maximum Gasteiger partial charge on any atom is 0.124 e. The second-order valence-electron chi connectivity index (χ2n) is 5.59. The summed E-state index contributed by atoms with van der Waals surface area (Å²) < 4.78 is 2.30. The number of para-hydroxylation sites is 2. The fraction of sp³-hybridized carbons (Fsp3) is 0.562. The SMILES string of the molecule is ClCc1nc2ccccc2n1CCCC1CCCC1. The first-order valence-corrected chi connectivity index (χ1v) is 7.92. The molecule has 1 fully saturated rings. The molecule has 1 heterocycles. The van der Waals surface area contributed by atoms with E-state index >= 15 is 0 Å². The quantitative estimate of drug-likeness (QED) is 0.721. The third-order valence-electron chi connectivity index (χ3n) is 4.32. The summed E-state index contributed by atoms with van der Waals surface area (Å²) in [5.41, 5.74) is 2.29. The number of fused-ring (bicyclic) bond motifs is 1. The van der Waals surface area contributed by atoms with Gasteiger partial charge in [0.1, 0.15) is 5.82 Å². The van der Waals surface area contributed by atoms with Gasteiger partial charge in [-0.15, -0.1) is 11.6 Å². The van der Waals surface area contributed by atoms with Gasteiger partial charge in [-0.25, -0.2) is 4.98 Å². The van der Waals surface area contributed by atoms with Crippen LogP contribution in [0.2, 0.25) is 0 Å². The molecule has 0 bridgehead atoms. The lowest BCUT2D eigenvalue weighted by molar-refractivity contribution is 0.459. The summed E-state index contributed by atoms with van der Waals surface area (Å²) >= 11 is 6.03. The fourth-order valence-electron chi connectivity index (χ4n) is 3.31. The first kappa shape index (κ1) is 13.0. The van der Waals surface area contributed by atoms with E-state index in [1.807, 2.05) is 6.07 Å². The van der Waals surface area contributed by atoms with Crippen LogP contribution in [-0.2, 0) is 12.4 Å². The fourth-order valence-corrected chi connectivity index (χ4v) is 3.52. The number of imidazole rings is 1. The van der Waals surface area contributed by atoms with Gasteiger partial charge in [0.05, 0.1) is 16.9 Å². The van der Waals surface area contributed by atoms with E-state index in [2.05, 4.69) is 27.8 Å². The van der Waals surface area contributed by atoms with Gasteiger partial charge in [-0.05, 0) is 30.9 Å². The average molecular weight is 277 g/mol. The molecule has 1 aromatic heterocycles. The monoisotopic (exact) mass is 276 g/mol. The maximum atomic E-state index is 6.03. The summed E-state index contributed by atoms with van der Waals surface area (Å²) in [7, 11) is 0. The molecular weight excluding hydrogens is 256 g/mol. The number of halogens is 1. The topological polar surface area (TPSA) is 17.8 Å². The molecule has 0 atom stereocenters. The van der Waals surface area contributed by atoms with Crippen LogP contribution in [0.5, 0.6) is 0 Å². The highest BCUT2D eigenvalue weighted by atomic mass is 35.5. The number of aromatic nitrogens is 2.